The Bertz CT molecular complexity index is 745. The number of aliphatic imine (C=N–C) groups is 1. The predicted molar refractivity (Wildman–Crippen MR) is 134 cm³/mol. The van der Waals surface area contributed by atoms with E-state index in [4.69, 9.17) is 4.99 Å². The number of halogens is 1. The number of nitrogens with zero attached hydrogens (tertiary/aromatic N) is 3. The molecule has 8 heteroatoms. The first-order chi connectivity index (χ1) is 14.6. The normalized spacial score (nSPS) is 17.5. The fourth-order valence-corrected chi connectivity index (χ4v) is 4.15. The Hall–Kier alpha value is -1.84. The van der Waals surface area contributed by atoms with Crippen molar-refractivity contribution in [1.82, 2.24) is 20.4 Å². The van der Waals surface area contributed by atoms with E-state index in [1.54, 1.807) is 7.05 Å². The van der Waals surface area contributed by atoms with E-state index in [-0.39, 0.29) is 35.8 Å². The van der Waals surface area contributed by atoms with E-state index in [2.05, 4.69) is 46.7 Å². The smallest absolute Gasteiger partial charge is 0.222 e. The van der Waals surface area contributed by atoms with Crippen LogP contribution >= 0.6 is 24.0 Å². The molecule has 2 heterocycles. The number of rotatable bonds is 7. The van der Waals surface area contributed by atoms with Crippen molar-refractivity contribution < 1.29 is 9.59 Å². The standard InChI is InChI=1S/C23H35N5O2.HI/c1-3-25-23(27-13-10-18(11-14-27)15-21(29)24-2)26-16-19-6-8-20(9-7-19)17-28-12-4-5-22(28)30;/h6-9,18H,3-5,10-17H2,1-2H3,(H,24,29)(H,25,26);1H. The number of amides is 2. The molecule has 2 fully saturated rings. The number of likely N-dealkylation sites (tertiary alicyclic amines) is 2. The SMILES string of the molecule is CCNC(=NCc1ccc(CN2CCCC2=O)cc1)N1CCC(CC(=O)NC)CC1.I. The van der Waals surface area contributed by atoms with Crippen molar-refractivity contribution in [3.05, 3.63) is 35.4 Å². The molecule has 0 spiro atoms. The van der Waals surface area contributed by atoms with Crippen LogP contribution in [0, 0.1) is 5.92 Å². The summed E-state index contributed by atoms with van der Waals surface area (Å²) in [5.74, 6) is 1.80. The summed E-state index contributed by atoms with van der Waals surface area (Å²) in [6.45, 7) is 6.98. The number of piperidine rings is 1. The number of nitrogens with one attached hydrogen (secondary N) is 2. The topological polar surface area (TPSA) is 77.0 Å². The van der Waals surface area contributed by atoms with Gasteiger partial charge in [-0.05, 0) is 43.2 Å². The molecular formula is C23H36IN5O2. The monoisotopic (exact) mass is 541 g/mol. The fraction of sp³-hybridized carbons (Fsp3) is 0.609. The number of carbonyl (C=O) groups is 2. The summed E-state index contributed by atoms with van der Waals surface area (Å²) in [7, 11) is 1.70. The lowest BCUT2D eigenvalue weighted by molar-refractivity contribution is -0.128. The summed E-state index contributed by atoms with van der Waals surface area (Å²) in [6.07, 6.45) is 4.31. The van der Waals surface area contributed by atoms with Crippen molar-refractivity contribution >= 4 is 41.8 Å². The highest BCUT2D eigenvalue weighted by molar-refractivity contribution is 14.0. The van der Waals surface area contributed by atoms with E-state index in [9.17, 15) is 9.59 Å². The highest BCUT2D eigenvalue weighted by Gasteiger charge is 2.23. The zero-order valence-corrected chi connectivity index (χ0v) is 21.1. The van der Waals surface area contributed by atoms with Crippen LogP contribution in [0.1, 0.15) is 50.2 Å². The van der Waals surface area contributed by atoms with Crippen LogP contribution in [0.25, 0.3) is 0 Å². The van der Waals surface area contributed by atoms with E-state index in [0.29, 0.717) is 31.8 Å². The molecule has 0 radical (unpaired) electrons. The summed E-state index contributed by atoms with van der Waals surface area (Å²) in [4.78, 5) is 32.5. The van der Waals surface area contributed by atoms with Gasteiger partial charge in [-0.1, -0.05) is 24.3 Å². The van der Waals surface area contributed by atoms with Gasteiger partial charge in [0.15, 0.2) is 5.96 Å². The van der Waals surface area contributed by atoms with E-state index in [1.807, 2.05) is 4.90 Å². The van der Waals surface area contributed by atoms with Crippen molar-refractivity contribution in [2.45, 2.75) is 52.1 Å². The Morgan fingerprint density at radius 1 is 1.13 bits per heavy atom. The molecule has 0 saturated carbocycles. The molecule has 2 aliphatic heterocycles. The maximum Gasteiger partial charge on any atom is 0.222 e. The third-order valence-electron chi connectivity index (χ3n) is 5.98. The first-order valence-corrected chi connectivity index (χ1v) is 11.2. The van der Waals surface area contributed by atoms with Crippen LogP contribution in [-0.4, -0.2) is 60.8 Å². The number of carbonyl (C=O) groups excluding carboxylic acids is 2. The number of hydrogen-bond acceptors (Lipinski definition) is 3. The van der Waals surface area contributed by atoms with Gasteiger partial charge in [-0.2, -0.15) is 0 Å². The van der Waals surface area contributed by atoms with Gasteiger partial charge in [0.1, 0.15) is 0 Å². The van der Waals surface area contributed by atoms with Gasteiger partial charge in [0, 0.05) is 52.6 Å². The summed E-state index contributed by atoms with van der Waals surface area (Å²) < 4.78 is 0. The first-order valence-electron chi connectivity index (χ1n) is 11.2. The molecule has 0 unspecified atom stereocenters. The average Bonchev–Trinajstić information content (AvgIpc) is 3.17. The van der Waals surface area contributed by atoms with Crippen LogP contribution in [0.2, 0.25) is 0 Å². The summed E-state index contributed by atoms with van der Waals surface area (Å²) >= 11 is 0. The molecule has 172 valence electrons. The molecule has 1 aromatic rings. The van der Waals surface area contributed by atoms with Gasteiger partial charge >= 0.3 is 0 Å². The highest BCUT2D eigenvalue weighted by atomic mass is 127. The van der Waals surface area contributed by atoms with E-state index in [1.165, 1.54) is 5.56 Å². The molecule has 0 atom stereocenters. The van der Waals surface area contributed by atoms with Gasteiger partial charge in [-0.15, -0.1) is 24.0 Å². The largest absolute Gasteiger partial charge is 0.359 e. The third kappa shape index (κ3) is 7.66. The second kappa shape index (κ2) is 12.9. The van der Waals surface area contributed by atoms with Crippen molar-refractivity contribution in [2.75, 3.05) is 33.2 Å². The van der Waals surface area contributed by atoms with E-state index in [0.717, 1.165) is 57.0 Å². The molecule has 2 aliphatic rings. The molecule has 0 aliphatic carbocycles. The molecule has 7 nitrogen and oxygen atoms in total. The lowest BCUT2D eigenvalue weighted by Gasteiger charge is -2.34. The molecule has 3 rings (SSSR count). The molecule has 2 saturated heterocycles. The Kier molecular flexibility index (Phi) is 10.6. The number of guanidine groups is 1. The van der Waals surface area contributed by atoms with E-state index < -0.39 is 0 Å². The maximum atomic E-state index is 11.8. The predicted octanol–water partition coefficient (Wildman–Crippen LogP) is 2.74. The highest BCUT2D eigenvalue weighted by Crippen LogP contribution is 2.21. The van der Waals surface area contributed by atoms with Gasteiger partial charge in [0.2, 0.25) is 11.8 Å². The molecular weight excluding hydrogens is 505 g/mol. The zero-order chi connectivity index (χ0) is 21.3. The number of hydrogen-bond donors (Lipinski definition) is 2. The van der Waals surface area contributed by atoms with Crippen molar-refractivity contribution in [3.63, 3.8) is 0 Å². The van der Waals surface area contributed by atoms with Crippen LogP contribution in [0.3, 0.4) is 0 Å². The Balaban J connectivity index is 0.00000341. The lowest BCUT2D eigenvalue weighted by Crippen LogP contribution is -2.46. The molecule has 2 amide bonds. The second-order valence-corrected chi connectivity index (χ2v) is 8.21. The van der Waals surface area contributed by atoms with E-state index >= 15 is 0 Å². The van der Waals surface area contributed by atoms with Crippen molar-refractivity contribution in [3.8, 4) is 0 Å². The van der Waals surface area contributed by atoms with Gasteiger partial charge in [-0.3, -0.25) is 9.59 Å². The summed E-state index contributed by atoms with van der Waals surface area (Å²) in [5, 5.41) is 6.13. The van der Waals surface area contributed by atoms with Crippen LogP contribution in [0.15, 0.2) is 29.3 Å². The quantitative estimate of drug-likeness (QED) is 0.316. The second-order valence-electron chi connectivity index (χ2n) is 8.21. The lowest BCUT2D eigenvalue weighted by atomic mass is 9.93. The molecule has 31 heavy (non-hydrogen) atoms. The van der Waals surface area contributed by atoms with Crippen LogP contribution < -0.4 is 10.6 Å². The van der Waals surface area contributed by atoms with Crippen LogP contribution in [0.5, 0.6) is 0 Å². The third-order valence-corrected chi connectivity index (χ3v) is 5.98. The molecule has 1 aromatic carbocycles. The van der Waals surface area contributed by atoms with Gasteiger partial charge in [0.25, 0.3) is 0 Å². The van der Waals surface area contributed by atoms with Crippen molar-refractivity contribution in [1.29, 1.82) is 0 Å². The maximum absolute atomic E-state index is 11.8. The Morgan fingerprint density at radius 2 is 1.81 bits per heavy atom. The zero-order valence-electron chi connectivity index (χ0n) is 18.7. The Morgan fingerprint density at radius 3 is 2.39 bits per heavy atom. The minimum absolute atomic E-state index is 0. The molecule has 2 N–H and O–H groups in total. The molecule has 0 bridgehead atoms. The summed E-state index contributed by atoms with van der Waals surface area (Å²) in [6, 6.07) is 8.43. The Labute approximate surface area is 203 Å². The minimum Gasteiger partial charge on any atom is -0.359 e. The van der Waals surface area contributed by atoms with Crippen LogP contribution in [-0.2, 0) is 22.7 Å². The van der Waals surface area contributed by atoms with Gasteiger partial charge in [-0.25, -0.2) is 4.99 Å². The summed E-state index contributed by atoms with van der Waals surface area (Å²) in [5.41, 5.74) is 2.33. The minimum atomic E-state index is 0. The number of benzene rings is 1. The average molecular weight is 541 g/mol. The van der Waals surface area contributed by atoms with Crippen molar-refractivity contribution in [2.24, 2.45) is 10.9 Å². The fourth-order valence-electron chi connectivity index (χ4n) is 4.15. The first kappa shape index (κ1) is 25.4. The van der Waals surface area contributed by atoms with Gasteiger partial charge < -0.3 is 20.4 Å². The van der Waals surface area contributed by atoms with Crippen LogP contribution in [0.4, 0.5) is 0 Å². The van der Waals surface area contributed by atoms with Gasteiger partial charge in [0.05, 0.1) is 6.54 Å². The molecule has 0 aromatic heterocycles.